The monoisotopic (exact) mass is 405 g/mol. The lowest BCUT2D eigenvalue weighted by Crippen LogP contribution is -2.29. The van der Waals surface area contributed by atoms with Crippen LogP contribution in [0.15, 0.2) is 53.9 Å². The van der Waals surface area contributed by atoms with E-state index < -0.39 is 10.0 Å². The summed E-state index contributed by atoms with van der Waals surface area (Å²) in [5.74, 6) is -0.253. The first-order valence-electron chi connectivity index (χ1n) is 8.39. The average Bonchev–Trinajstić information content (AvgIpc) is 3.10. The molecule has 0 unspecified atom stereocenters. The Bertz CT molecular complexity index is 1000. The second-order valence-corrected chi connectivity index (χ2v) is 8.76. The normalized spacial score (nSPS) is 11.4. The van der Waals surface area contributed by atoms with E-state index in [0.717, 1.165) is 22.0 Å². The van der Waals surface area contributed by atoms with Gasteiger partial charge in [0.15, 0.2) is 5.13 Å². The Labute approximate surface area is 162 Å². The number of rotatable bonds is 7. The number of nitrogens with zero attached hydrogens (tertiary/aromatic N) is 2. The van der Waals surface area contributed by atoms with E-state index in [9.17, 15) is 12.8 Å². The molecular formula is C19H20FN3O2S2. The zero-order valence-electron chi connectivity index (χ0n) is 15.0. The number of hydrogen-bond acceptors (Lipinski definition) is 5. The van der Waals surface area contributed by atoms with Crippen LogP contribution in [-0.2, 0) is 16.6 Å². The maximum Gasteiger partial charge on any atom is 0.232 e. The van der Waals surface area contributed by atoms with Crippen LogP contribution in [0.3, 0.4) is 0 Å². The first-order valence-corrected chi connectivity index (χ1v) is 11.1. The number of sulfonamides is 1. The van der Waals surface area contributed by atoms with Crippen molar-refractivity contribution in [3.63, 3.8) is 0 Å². The number of aromatic nitrogens is 1. The quantitative estimate of drug-likeness (QED) is 0.635. The van der Waals surface area contributed by atoms with Crippen LogP contribution in [0, 0.1) is 5.82 Å². The van der Waals surface area contributed by atoms with E-state index in [4.69, 9.17) is 0 Å². The summed E-state index contributed by atoms with van der Waals surface area (Å²) in [6.07, 6.45) is 1.20. The van der Waals surface area contributed by atoms with Gasteiger partial charge in [0.05, 0.1) is 17.6 Å². The van der Waals surface area contributed by atoms with Crippen molar-refractivity contribution < 1.29 is 12.8 Å². The molecule has 0 atom stereocenters. The maximum atomic E-state index is 12.9. The first-order chi connectivity index (χ1) is 12.9. The summed E-state index contributed by atoms with van der Waals surface area (Å²) in [4.78, 5) is 4.56. The Kier molecular flexibility index (Phi) is 5.76. The summed E-state index contributed by atoms with van der Waals surface area (Å²) in [6.45, 7) is 2.74. The lowest BCUT2D eigenvalue weighted by atomic mass is 10.1. The summed E-state index contributed by atoms with van der Waals surface area (Å²) in [7, 11) is -3.29. The molecule has 3 aromatic rings. The fourth-order valence-electron chi connectivity index (χ4n) is 2.67. The molecule has 0 bridgehead atoms. The van der Waals surface area contributed by atoms with Gasteiger partial charge in [-0.1, -0.05) is 24.3 Å². The molecule has 2 aromatic carbocycles. The average molecular weight is 406 g/mol. The summed E-state index contributed by atoms with van der Waals surface area (Å²) in [5, 5.41) is 5.94. The Morgan fingerprint density at radius 3 is 2.37 bits per heavy atom. The summed E-state index contributed by atoms with van der Waals surface area (Å²) < 4.78 is 37.9. The minimum atomic E-state index is -3.29. The van der Waals surface area contributed by atoms with Crippen LogP contribution in [0.4, 0.5) is 15.2 Å². The standard InChI is InChI=1S/C19H20FN3O2S2/c1-3-23(27(2,24)25)17-10-6-15(7-11-17)18-13-26-19(22-18)21-12-14-4-8-16(20)9-5-14/h4-11,13H,3,12H2,1-2H3,(H,21,22). The number of halogens is 1. The van der Waals surface area contributed by atoms with Crippen molar-refractivity contribution >= 4 is 32.2 Å². The first kappa shape index (κ1) is 19.3. The number of thiazole rings is 1. The van der Waals surface area contributed by atoms with E-state index in [1.165, 1.54) is 34.0 Å². The fourth-order valence-corrected chi connectivity index (χ4v) is 4.37. The van der Waals surface area contributed by atoms with Crippen molar-refractivity contribution in [2.75, 3.05) is 22.4 Å². The Hall–Kier alpha value is -2.45. The molecule has 5 nitrogen and oxygen atoms in total. The zero-order chi connectivity index (χ0) is 19.4. The van der Waals surface area contributed by atoms with Crippen molar-refractivity contribution in [1.29, 1.82) is 0 Å². The van der Waals surface area contributed by atoms with Crippen LogP contribution in [0.1, 0.15) is 12.5 Å². The van der Waals surface area contributed by atoms with Gasteiger partial charge in [0.1, 0.15) is 5.82 Å². The molecule has 8 heteroatoms. The largest absolute Gasteiger partial charge is 0.357 e. The third-order valence-corrected chi connectivity index (χ3v) is 6.07. The molecule has 0 radical (unpaired) electrons. The molecule has 0 aliphatic heterocycles. The molecule has 0 fully saturated rings. The lowest BCUT2D eigenvalue weighted by molar-refractivity contribution is 0.598. The maximum absolute atomic E-state index is 12.9. The van der Waals surface area contributed by atoms with E-state index in [1.807, 2.05) is 17.5 Å². The summed E-state index contributed by atoms with van der Waals surface area (Å²) in [5.41, 5.74) is 3.33. The fraction of sp³-hybridized carbons (Fsp3) is 0.211. The highest BCUT2D eigenvalue weighted by molar-refractivity contribution is 7.92. The molecule has 0 spiro atoms. The molecule has 1 aromatic heterocycles. The molecule has 0 saturated heterocycles. The molecular weight excluding hydrogens is 385 g/mol. The van der Waals surface area contributed by atoms with Gasteiger partial charge in [-0.2, -0.15) is 0 Å². The lowest BCUT2D eigenvalue weighted by Gasteiger charge is -2.20. The minimum Gasteiger partial charge on any atom is -0.357 e. The van der Waals surface area contributed by atoms with Gasteiger partial charge in [0, 0.05) is 24.0 Å². The van der Waals surface area contributed by atoms with Crippen LogP contribution >= 0.6 is 11.3 Å². The summed E-state index contributed by atoms with van der Waals surface area (Å²) >= 11 is 1.48. The van der Waals surface area contributed by atoms with Gasteiger partial charge in [0.2, 0.25) is 10.0 Å². The molecule has 0 aliphatic carbocycles. The predicted octanol–water partition coefficient (Wildman–Crippen LogP) is 4.35. The van der Waals surface area contributed by atoms with Crippen molar-refractivity contribution in [1.82, 2.24) is 4.98 Å². The van der Waals surface area contributed by atoms with Gasteiger partial charge >= 0.3 is 0 Å². The highest BCUT2D eigenvalue weighted by Gasteiger charge is 2.15. The predicted molar refractivity (Wildman–Crippen MR) is 109 cm³/mol. The molecule has 3 rings (SSSR count). The topological polar surface area (TPSA) is 62.3 Å². The third-order valence-electron chi connectivity index (χ3n) is 4.00. The number of hydrogen-bond donors (Lipinski definition) is 1. The minimum absolute atomic E-state index is 0.253. The molecule has 27 heavy (non-hydrogen) atoms. The van der Waals surface area contributed by atoms with E-state index in [0.29, 0.717) is 18.8 Å². The van der Waals surface area contributed by atoms with Crippen LogP contribution in [0.2, 0.25) is 0 Å². The van der Waals surface area contributed by atoms with E-state index in [-0.39, 0.29) is 5.82 Å². The van der Waals surface area contributed by atoms with Gasteiger partial charge in [-0.25, -0.2) is 17.8 Å². The number of benzene rings is 2. The van der Waals surface area contributed by atoms with Gasteiger partial charge in [-0.15, -0.1) is 11.3 Å². The van der Waals surface area contributed by atoms with E-state index in [1.54, 1.807) is 31.2 Å². The summed E-state index contributed by atoms with van der Waals surface area (Å²) in [6, 6.07) is 13.6. The molecule has 0 saturated carbocycles. The van der Waals surface area contributed by atoms with Gasteiger partial charge < -0.3 is 5.32 Å². The Morgan fingerprint density at radius 2 is 1.78 bits per heavy atom. The van der Waals surface area contributed by atoms with Crippen LogP contribution in [0.25, 0.3) is 11.3 Å². The van der Waals surface area contributed by atoms with Crippen LogP contribution < -0.4 is 9.62 Å². The molecule has 0 aliphatic rings. The molecule has 142 valence electrons. The third kappa shape index (κ3) is 4.84. The van der Waals surface area contributed by atoms with Gasteiger partial charge in [-0.3, -0.25) is 4.31 Å². The van der Waals surface area contributed by atoms with Crippen molar-refractivity contribution in [3.8, 4) is 11.3 Å². The van der Waals surface area contributed by atoms with Crippen molar-refractivity contribution in [3.05, 3.63) is 65.3 Å². The SMILES string of the molecule is CCN(c1ccc(-c2csc(NCc3ccc(F)cc3)n2)cc1)S(C)(=O)=O. The number of nitrogens with one attached hydrogen (secondary N) is 1. The van der Waals surface area contributed by atoms with Crippen molar-refractivity contribution in [2.24, 2.45) is 0 Å². The number of anilines is 2. The Morgan fingerprint density at radius 1 is 1.11 bits per heavy atom. The van der Waals surface area contributed by atoms with Crippen LogP contribution in [0.5, 0.6) is 0 Å². The van der Waals surface area contributed by atoms with Gasteiger partial charge in [0.25, 0.3) is 0 Å². The highest BCUT2D eigenvalue weighted by atomic mass is 32.2. The second kappa shape index (κ2) is 8.06. The highest BCUT2D eigenvalue weighted by Crippen LogP contribution is 2.27. The van der Waals surface area contributed by atoms with Crippen LogP contribution in [-0.4, -0.2) is 26.2 Å². The zero-order valence-corrected chi connectivity index (χ0v) is 16.6. The van der Waals surface area contributed by atoms with Gasteiger partial charge in [-0.05, 0) is 36.8 Å². The molecule has 1 N–H and O–H groups in total. The smallest absolute Gasteiger partial charge is 0.232 e. The molecule has 0 amide bonds. The van der Waals surface area contributed by atoms with E-state index >= 15 is 0 Å². The van der Waals surface area contributed by atoms with E-state index in [2.05, 4.69) is 10.3 Å². The molecule has 1 heterocycles. The van der Waals surface area contributed by atoms with Crippen molar-refractivity contribution in [2.45, 2.75) is 13.5 Å². The Balaban J connectivity index is 1.69. The second-order valence-electron chi connectivity index (χ2n) is 5.99.